The molecule has 0 fully saturated rings. The van der Waals surface area contributed by atoms with E-state index >= 15 is 0 Å². The highest BCUT2D eigenvalue weighted by molar-refractivity contribution is 7.98. The van der Waals surface area contributed by atoms with Crippen LogP contribution in [-0.4, -0.2) is 47.3 Å². The van der Waals surface area contributed by atoms with Gasteiger partial charge in [0.15, 0.2) is 17.4 Å². The molecule has 0 saturated heterocycles. The van der Waals surface area contributed by atoms with Gasteiger partial charge in [-0.2, -0.15) is 0 Å². The van der Waals surface area contributed by atoms with Gasteiger partial charge in [-0.1, -0.05) is 30.3 Å². The van der Waals surface area contributed by atoms with Crippen LogP contribution in [0.3, 0.4) is 0 Å². The lowest BCUT2D eigenvalue weighted by molar-refractivity contribution is 0.101. The highest BCUT2D eigenvalue weighted by Gasteiger charge is 2.18. The van der Waals surface area contributed by atoms with Gasteiger partial charge in [0.2, 0.25) is 0 Å². The molecule has 1 aromatic heterocycles. The zero-order chi connectivity index (χ0) is 16.1. The van der Waals surface area contributed by atoms with E-state index < -0.39 is 0 Å². The summed E-state index contributed by atoms with van der Waals surface area (Å²) in [5.74, 6) is 0.884. The summed E-state index contributed by atoms with van der Waals surface area (Å²) in [5, 5.41) is 0.646. The smallest absolute Gasteiger partial charge is 0.169 e. The Bertz CT molecular complexity index is 699. The summed E-state index contributed by atoms with van der Waals surface area (Å²) in [5.41, 5.74) is 1.36. The van der Waals surface area contributed by atoms with Gasteiger partial charge in [0, 0.05) is 19.7 Å². The third-order valence-electron chi connectivity index (χ3n) is 2.85. The topological polar surface area (TPSA) is 58.5 Å². The first-order valence-corrected chi connectivity index (χ1v) is 7.98. The van der Waals surface area contributed by atoms with Crippen molar-refractivity contribution in [1.82, 2.24) is 14.9 Å². The standard InChI is InChI=1S/C16H18N4OS/c1-11(21)13-15(17-10-20(2)3)18-14(19-16(13)22-4)12-8-6-5-7-9-12/h5-10H,1-4H3. The number of benzene rings is 1. The van der Waals surface area contributed by atoms with Crippen LogP contribution in [0.15, 0.2) is 40.4 Å². The first kappa shape index (κ1) is 16.2. The van der Waals surface area contributed by atoms with Gasteiger partial charge in [-0.05, 0) is 13.2 Å². The number of aliphatic imine (C=N–C) groups is 1. The van der Waals surface area contributed by atoms with Gasteiger partial charge in [0.05, 0.1) is 11.9 Å². The average Bonchev–Trinajstić information content (AvgIpc) is 2.52. The second-order valence-electron chi connectivity index (χ2n) is 4.89. The predicted molar refractivity (Wildman–Crippen MR) is 91.1 cm³/mol. The molecule has 0 aliphatic heterocycles. The average molecular weight is 314 g/mol. The normalized spacial score (nSPS) is 10.9. The van der Waals surface area contributed by atoms with Crippen LogP contribution in [0, 0.1) is 0 Å². The Hall–Kier alpha value is -2.21. The lowest BCUT2D eigenvalue weighted by Crippen LogP contribution is -2.09. The van der Waals surface area contributed by atoms with Crippen molar-refractivity contribution in [3.8, 4) is 11.4 Å². The number of rotatable bonds is 5. The third-order valence-corrected chi connectivity index (χ3v) is 3.53. The quantitative estimate of drug-likeness (QED) is 0.279. The van der Waals surface area contributed by atoms with E-state index in [9.17, 15) is 4.79 Å². The molecule has 2 aromatic rings. The first-order valence-electron chi connectivity index (χ1n) is 6.76. The van der Waals surface area contributed by atoms with E-state index in [-0.39, 0.29) is 5.78 Å². The molecule has 0 spiro atoms. The number of ketones is 1. The lowest BCUT2D eigenvalue weighted by Gasteiger charge is -2.10. The molecule has 0 unspecified atom stereocenters. The molecule has 0 bridgehead atoms. The molecule has 1 heterocycles. The second kappa shape index (κ2) is 7.17. The molecule has 22 heavy (non-hydrogen) atoms. The van der Waals surface area contributed by atoms with Gasteiger partial charge >= 0.3 is 0 Å². The van der Waals surface area contributed by atoms with Crippen LogP contribution in [0.5, 0.6) is 0 Å². The summed E-state index contributed by atoms with van der Waals surface area (Å²) in [7, 11) is 3.73. The number of nitrogens with zero attached hydrogens (tertiary/aromatic N) is 4. The maximum absolute atomic E-state index is 12.0. The van der Waals surface area contributed by atoms with E-state index in [2.05, 4.69) is 15.0 Å². The van der Waals surface area contributed by atoms with E-state index in [1.807, 2.05) is 50.7 Å². The summed E-state index contributed by atoms with van der Waals surface area (Å²) in [6.45, 7) is 1.51. The van der Waals surface area contributed by atoms with Crippen molar-refractivity contribution < 1.29 is 4.79 Å². The maximum Gasteiger partial charge on any atom is 0.169 e. The monoisotopic (exact) mass is 314 g/mol. The van der Waals surface area contributed by atoms with Gasteiger partial charge in [0.25, 0.3) is 0 Å². The number of thioether (sulfide) groups is 1. The molecule has 0 atom stereocenters. The van der Waals surface area contributed by atoms with Gasteiger partial charge < -0.3 is 4.90 Å². The summed E-state index contributed by atoms with van der Waals surface area (Å²) in [4.78, 5) is 27.1. The van der Waals surface area contributed by atoms with Crippen molar-refractivity contribution >= 4 is 29.7 Å². The van der Waals surface area contributed by atoms with E-state index in [4.69, 9.17) is 0 Å². The van der Waals surface area contributed by atoms with Crippen LogP contribution in [0.1, 0.15) is 17.3 Å². The summed E-state index contributed by atoms with van der Waals surface area (Å²) >= 11 is 1.42. The van der Waals surface area contributed by atoms with Crippen LogP contribution >= 0.6 is 11.8 Å². The predicted octanol–water partition coefficient (Wildman–Crippen LogP) is 3.29. The second-order valence-corrected chi connectivity index (χ2v) is 5.68. The van der Waals surface area contributed by atoms with Crippen LogP contribution in [0.4, 0.5) is 5.82 Å². The van der Waals surface area contributed by atoms with E-state index in [0.717, 1.165) is 5.56 Å². The minimum absolute atomic E-state index is 0.0881. The molecule has 0 aliphatic rings. The maximum atomic E-state index is 12.0. The Morgan fingerprint density at radius 2 is 1.91 bits per heavy atom. The molecule has 1 aromatic carbocycles. The fraction of sp³-hybridized carbons (Fsp3) is 0.250. The van der Waals surface area contributed by atoms with Gasteiger partial charge in [0.1, 0.15) is 5.03 Å². The van der Waals surface area contributed by atoms with Gasteiger partial charge in [-0.3, -0.25) is 4.79 Å². The zero-order valence-electron chi connectivity index (χ0n) is 13.1. The van der Waals surface area contributed by atoms with Crippen LogP contribution in [-0.2, 0) is 0 Å². The minimum atomic E-state index is -0.0881. The number of carbonyl (C=O) groups is 1. The van der Waals surface area contributed by atoms with E-state index in [1.54, 1.807) is 11.2 Å². The van der Waals surface area contributed by atoms with Crippen molar-refractivity contribution in [3.05, 3.63) is 35.9 Å². The molecule has 0 radical (unpaired) electrons. The minimum Gasteiger partial charge on any atom is -0.369 e. The fourth-order valence-electron chi connectivity index (χ4n) is 1.86. The number of Topliss-reactive ketones (excluding diaryl/α,β-unsaturated/α-hetero) is 1. The molecule has 6 heteroatoms. The Morgan fingerprint density at radius 3 is 2.45 bits per heavy atom. The largest absolute Gasteiger partial charge is 0.369 e. The SMILES string of the molecule is CSc1nc(-c2ccccc2)nc(N=CN(C)C)c1C(C)=O. The molecule has 0 saturated carbocycles. The Morgan fingerprint density at radius 1 is 1.23 bits per heavy atom. The van der Waals surface area contributed by atoms with Gasteiger partial charge in [-0.15, -0.1) is 11.8 Å². The molecular formula is C16H18N4OS. The Labute approximate surface area is 134 Å². The van der Waals surface area contributed by atoms with E-state index in [1.165, 1.54) is 18.7 Å². The van der Waals surface area contributed by atoms with Gasteiger partial charge in [-0.25, -0.2) is 15.0 Å². The Balaban J connectivity index is 2.64. The van der Waals surface area contributed by atoms with Crippen LogP contribution in [0.2, 0.25) is 0 Å². The molecule has 0 aliphatic carbocycles. The number of aromatic nitrogens is 2. The lowest BCUT2D eigenvalue weighted by atomic mass is 10.2. The Kier molecular flexibility index (Phi) is 5.27. The molecule has 0 amide bonds. The van der Waals surface area contributed by atoms with Crippen LogP contribution < -0.4 is 0 Å². The highest BCUT2D eigenvalue weighted by Crippen LogP contribution is 2.29. The van der Waals surface area contributed by atoms with Crippen molar-refractivity contribution in [2.75, 3.05) is 20.4 Å². The van der Waals surface area contributed by atoms with Crippen molar-refractivity contribution in [2.45, 2.75) is 11.9 Å². The van der Waals surface area contributed by atoms with Crippen molar-refractivity contribution in [3.63, 3.8) is 0 Å². The molecule has 5 nitrogen and oxygen atoms in total. The summed E-state index contributed by atoms with van der Waals surface area (Å²) in [6, 6.07) is 9.67. The molecule has 2 rings (SSSR count). The van der Waals surface area contributed by atoms with Crippen LogP contribution in [0.25, 0.3) is 11.4 Å². The molecule has 0 N–H and O–H groups in total. The number of hydrogen-bond acceptors (Lipinski definition) is 5. The summed E-state index contributed by atoms with van der Waals surface area (Å²) < 4.78 is 0. The summed E-state index contributed by atoms with van der Waals surface area (Å²) in [6.07, 6.45) is 3.52. The zero-order valence-corrected chi connectivity index (χ0v) is 13.9. The van der Waals surface area contributed by atoms with E-state index in [0.29, 0.717) is 22.2 Å². The third kappa shape index (κ3) is 3.71. The number of carbonyl (C=O) groups excluding carboxylic acids is 1. The molecule has 114 valence electrons. The fourth-order valence-corrected chi connectivity index (χ4v) is 2.48. The highest BCUT2D eigenvalue weighted by atomic mass is 32.2. The number of hydrogen-bond donors (Lipinski definition) is 0. The van der Waals surface area contributed by atoms with Crippen molar-refractivity contribution in [2.24, 2.45) is 4.99 Å². The molecular weight excluding hydrogens is 296 g/mol. The first-order chi connectivity index (χ1) is 10.5. The van der Waals surface area contributed by atoms with Crippen molar-refractivity contribution in [1.29, 1.82) is 0 Å².